The summed E-state index contributed by atoms with van der Waals surface area (Å²) in [4.78, 5) is 17.1. The summed E-state index contributed by atoms with van der Waals surface area (Å²) in [6.45, 7) is 0. The van der Waals surface area contributed by atoms with Crippen molar-refractivity contribution in [2.45, 2.75) is 0 Å². The van der Waals surface area contributed by atoms with E-state index in [2.05, 4.69) is 9.97 Å². The fourth-order valence-electron chi connectivity index (χ4n) is 1.33. The van der Waals surface area contributed by atoms with Crippen molar-refractivity contribution in [3.05, 3.63) is 47.0 Å². The van der Waals surface area contributed by atoms with Gasteiger partial charge in [0.25, 0.3) is 0 Å². The van der Waals surface area contributed by atoms with Crippen molar-refractivity contribution in [1.29, 1.82) is 0 Å². The zero-order valence-electron chi connectivity index (χ0n) is 8.92. The smallest absolute Gasteiger partial charge is 0.200 e. The lowest BCUT2D eigenvalue weighted by molar-refractivity contribution is 0.112. The molecule has 0 amide bonds. The van der Waals surface area contributed by atoms with E-state index in [1.807, 2.05) is 0 Å². The van der Waals surface area contributed by atoms with Gasteiger partial charge in [-0.05, 0) is 0 Å². The number of rotatable bonds is 2. The predicted molar refractivity (Wildman–Crippen MR) is 52.6 cm³/mol. The summed E-state index contributed by atoms with van der Waals surface area (Å²) in [6.07, 6.45) is 2.16. The Morgan fingerprint density at radius 3 is 1.63 bits per heavy atom. The molecule has 0 radical (unpaired) electrons. The van der Waals surface area contributed by atoms with E-state index in [4.69, 9.17) is 0 Å². The van der Waals surface area contributed by atoms with Gasteiger partial charge in [-0.15, -0.1) is 0 Å². The molecule has 0 saturated heterocycles. The van der Waals surface area contributed by atoms with E-state index in [1.165, 1.54) is 0 Å². The maximum absolute atomic E-state index is 13.4. The number of hydrogen-bond acceptors (Lipinski definition) is 3. The summed E-state index contributed by atoms with van der Waals surface area (Å²) in [5.74, 6) is -11.2. The molecule has 3 nitrogen and oxygen atoms in total. The van der Waals surface area contributed by atoms with Crippen LogP contribution in [0.25, 0.3) is 11.4 Å². The molecule has 0 aliphatic rings. The first-order valence-corrected chi connectivity index (χ1v) is 4.76. The third-order valence-corrected chi connectivity index (χ3v) is 2.24. The highest BCUT2D eigenvalue weighted by molar-refractivity contribution is 5.74. The molecule has 0 saturated carbocycles. The summed E-state index contributed by atoms with van der Waals surface area (Å²) >= 11 is 0. The van der Waals surface area contributed by atoms with E-state index in [1.54, 1.807) is 0 Å². The number of aldehydes is 1. The highest BCUT2D eigenvalue weighted by Gasteiger charge is 2.27. The van der Waals surface area contributed by atoms with E-state index < -0.39 is 40.5 Å². The number of benzene rings is 1. The molecule has 0 spiro atoms. The summed E-state index contributed by atoms with van der Waals surface area (Å²) < 4.78 is 65.5. The molecule has 1 heterocycles. The Bertz CT molecular complexity index is 628. The minimum Gasteiger partial charge on any atom is -0.298 e. The van der Waals surface area contributed by atoms with Crippen LogP contribution in [0.3, 0.4) is 0 Å². The van der Waals surface area contributed by atoms with Crippen molar-refractivity contribution >= 4 is 6.29 Å². The zero-order valence-corrected chi connectivity index (χ0v) is 8.92. The van der Waals surface area contributed by atoms with Crippen LogP contribution >= 0.6 is 0 Å². The molecule has 2 aromatic rings. The molecule has 0 atom stereocenters. The maximum atomic E-state index is 13.4. The molecule has 2 rings (SSSR count). The van der Waals surface area contributed by atoms with Crippen molar-refractivity contribution in [2.24, 2.45) is 0 Å². The number of aromatic nitrogens is 2. The number of carbonyl (C=O) groups excluding carboxylic acids is 1. The van der Waals surface area contributed by atoms with Gasteiger partial charge < -0.3 is 0 Å². The third kappa shape index (κ3) is 2.05. The van der Waals surface area contributed by atoms with Crippen LogP contribution in [0.4, 0.5) is 22.0 Å². The second-order valence-corrected chi connectivity index (χ2v) is 3.40. The van der Waals surface area contributed by atoms with Gasteiger partial charge in [-0.2, -0.15) is 0 Å². The van der Waals surface area contributed by atoms with Gasteiger partial charge in [-0.3, -0.25) is 4.79 Å². The Morgan fingerprint density at radius 2 is 1.21 bits per heavy atom. The van der Waals surface area contributed by atoms with E-state index in [0.717, 1.165) is 12.4 Å². The lowest BCUT2D eigenvalue weighted by Crippen LogP contribution is -2.06. The van der Waals surface area contributed by atoms with Crippen molar-refractivity contribution in [3.63, 3.8) is 0 Å². The third-order valence-electron chi connectivity index (χ3n) is 2.24. The molecule has 0 unspecified atom stereocenters. The van der Waals surface area contributed by atoms with Crippen LogP contribution in [0.5, 0.6) is 0 Å². The van der Waals surface area contributed by atoms with Gasteiger partial charge >= 0.3 is 0 Å². The van der Waals surface area contributed by atoms with Gasteiger partial charge in [0.05, 0.1) is 11.1 Å². The van der Waals surface area contributed by atoms with Gasteiger partial charge in [-0.25, -0.2) is 31.9 Å². The van der Waals surface area contributed by atoms with Crippen molar-refractivity contribution < 1.29 is 26.7 Å². The topological polar surface area (TPSA) is 42.9 Å². The van der Waals surface area contributed by atoms with Gasteiger partial charge in [0, 0.05) is 12.4 Å². The number of nitrogens with zero attached hydrogens (tertiary/aromatic N) is 2. The van der Waals surface area contributed by atoms with Crippen molar-refractivity contribution in [2.75, 3.05) is 0 Å². The standard InChI is InChI=1S/C11H3F5N2O/c12-6-5(7(13)9(15)10(16)8(6)14)11-17-1-4(3-19)2-18-11/h1-3H. The second-order valence-electron chi connectivity index (χ2n) is 3.40. The predicted octanol–water partition coefficient (Wildman–Crippen LogP) is 2.65. The van der Waals surface area contributed by atoms with E-state index >= 15 is 0 Å². The molecule has 1 aromatic carbocycles. The highest BCUT2D eigenvalue weighted by atomic mass is 19.2. The largest absolute Gasteiger partial charge is 0.298 e. The molecule has 8 heteroatoms. The molecule has 0 bridgehead atoms. The Kier molecular flexibility index (Phi) is 3.24. The Hall–Kier alpha value is -2.38. The molecule has 0 N–H and O–H groups in total. The van der Waals surface area contributed by atoms with Crippen LogP contribution in [-0.4, -0.2) is 16.3 Å². The molecular weight excluding hydrogens is 271 g/mol. The number of carbonyl (C=O) groups is 1. The Labute approximate surface area is 102 Å². The van der Waals surface area contributed by atoms with E-state index in [9.17, 15) is 26.7 Å². The number of hydrogen-bond donors (Lipinski definition) is 0. The SMILES string of the molecule is O=Cc1cnc(-c2c(F)c(F)c(F)c(F)c2F)nc1. The van der Waals surface area contributed by atoms with Gasteiger partial charge in [-0.1, -0.05) is 0 Å². The maximum Gasteiger partial charge on any atom is 0.200 e. The average molecular weight is 274 g/mol. The molecule has 1 aromatic heterocycles. The van der Waals surface area contributed by atoms with Crippen molar-refractivity contribution in [1.82, 2.24) is 9.97 Å². The first-order chi connectivity index (χ1) is 8.97. The van der Waals surface area contributed by atoms with Crippen LogP contribution in [0, 0.1) is 29.1 Å². The molecule has 0 fully saturated rings. The summed E-state index contributed by atoms with van der Waals surface area (Å²) in [5.41, 5.74) is -1.25. The first kappa shape index (κ1) is 13.1. The van der Waals surface area contributed by atoms with Crippen molar-refractivity contribution in [3.8, 4) is 11.4 Å². The fraction of sp³-hybridized carbons (Fsp3) is 0. The van der Waals surface area contributed by atoms with Crippen LogP contribution in [0.1, 0.15) is 10.4 Å². The molecule has 0 aliphatic carbocycles. The van der Waals surface area contributed by atoms with Crippen LogP contribution in [0.15, 0.2) is 12.4 Å². The van der Waals surface area contributed by atoms with Crippen LogP contribution < -0.4 is 0 Å². The molecule has 0 aliphatic heterocycles. The van der Waals surface area contributed by atoms with E-state index in [-0.39, 0.29) is 5.56 Å². The lowest BCUT2D eigenvalue weighted by Gasteiger charge is -2.06. The van der Waals surface area contributed by atoms with Crippen LogP contribution in [0.2, 0.25) is 0 Å². The summed E-state index contributed by atoms with van der Waals surface area (Å²) in [7, 11) is 0. The average Bonchev–Trinajstić information content (AvgIpc) is 2.44. The van der Waals surface area contributed by atoms with Gasteiger partial charge in [0.2, 0.25) is 5.82 Å². The summed E-state index contributed by atoms with van der Waals surface area (Å²) in [5, 5.41) is 0. The van der Waals surface area contributed by atoms with E-state index in [0.29, 0.717) is 6.29 Å². The number of halogens is 5. The van der Waals surface area contributed by atoms with Gasteiger partial charge in [0.1, 0.15) is 0 Å². The Morgan fingerprint density at radius 1 is 0.789 bits per heavy atom. The fourth-order valence-corrected chi connectivity index (χ4v) is 1.33. The molecular formula is C11H3F5N2O. The van der Waals surface area contributed by atoms with Gasteiger partial charge in [0.15, 0.2) is 35.4 Å². The van der Waals surface area contributed by atoms with Crippen LogP contribution in [-0.2, 0) is 0 Å². The summed E-state index contributed by atoms with van der Waals surface area (Å²) in [6, 6.07) is 0. The molecule has 98 valence electrons. The monoisotopic (exact) mass is 274 g/mol. The minimum atomic E-state index is -2.26. The quantitative estimate of drug-likeness (QED) is 0.366. The lowest BCUT2D eigenvalue weighted by atomic mass is 10.1. The highest BCUT2D eigenvalue weighted by Crippen LogP contribution is 2.29. The minimum absolute atomic E-state index is 0.00683. The zero-order chi connectivity index (χ0) is 14.2. The normalized spacial score (nSPS) is 10.6. The second kappa shape index (κ2) is 4.71. The molecule has 19 heavy (non-hydrogen) atoms. The first-order valence-electron chi connectivity index (χ1n) is 4.76. The Balaban J connectivity index is 2.71.